The zero-order valence-corrected chi connectivity index (χ0v) is 13.6. The van der Waals surface area contributed by atoms with Crippen LogP contribution in [0.4, 0.5) is 0 Å². The van der Waals surface area contributed by atoms with Gasteiger partial charge in [-0.25, -0.2) is 0 Å². The summed E-state index contributed by atoms with van der Waals surface area (Å²) in [6.45, 7) is 2.08. The lowest BCUT2D eigenvalue weighted by Gasteiger charge is -2.20. The molecule has 0 aliphatic carbocycles. The van der Waals surface area contributed by atoms with Crippen LogP contribution in [0, 0.1) is 0 Å². The highest BCUT2D eigenvalue weighted by Crippen LogP contribution is 2.14. The topological polar surface area (TPSA) is 61.4 Å². The Labute approximate surface area is 139 Å². The van der Waals surface area contributed by atoms with Crippen LogP contribution in [-0.2, 0) is 16.1 Å². The van der Waals surface area contributed by atoms with Crippen LogP contribution in [0.2, 0.25) is 0 Å². The van der Waals surface area contributed by atoms with Gasteiger partial charge in [-0.1, -0.05) is 30.3 Å². The normalized spacial score (nSPS) is 21.5. The predicted molar refractivity (Wildman–Crippen MR) is 87.0 cm³/mol. The smallest absolute Gasteiger partial charge is 0.235 e. The summed E-state index contributed by atoms with van der Waals surface area (Å²) in [4.78, 5) is 25.3. The van der Waals surface area contributed by atoms with Crippen molar-refractivity contribution in [2.24, 2.45) is 0 Å². The minimum absolute atomic E-state index is 0.0919. The Kier molecular flexibility index (Phi) is 6.49. The van der Waals surface area contributed by atoms with Gasteiger partial charge in [0.25, 0.3) is 0 Å². The Morgan fingerprint density at radius 3 is 1.95 bits per heavy atom. The summed E-state index contributed by atoms with van der Waals surface area (Å²) >= 11 is 11.1. The average Bonchev–Trinajstić information content (AvgIpc) is 2.89. The molecule has 1 aromatic carbocycles. The molecule has 1 saturated heterocycles. The van der Waals surface area contributed by atoms with Gasteiger partial charge in [0.15, 0.2) is 0 Å². The largest absolute Gasteiger partial charge is 0.349 e. The molecule has 22 heavy (non-hydrogen) atoms. The number of rotatable bonds is 6. The minimum Gasteiger partial charge on any atom is -0.349 e. The van der Waals surface area contributed by atoms with E-state index in [1.165, 1.54) is 5.56 Å². The van der Waals surface area contributed by atoms with E-state index in [0.717, 1.165) is 6.54 Å². The van der Waals surface area contributed by atoms with Crippen molar-refractivity contribution in [2.45, 2.75) is 18.6 Å². The van der Waals surface area contributed by atoms with Gasteiger partial charge in [0, 0.05) is 19.6 Å². The van der Waals surface area contributed by atoms with Crippen LogP contribution in [0.3, 0.4) is 0 Å². The SMILES string of the molecule is O=C(CCl)N[C@@H]1CN(Cc2ccccc2)C[C@H]1NC(=O)CCl. The highest BCUT2D eigenvalue weighted by Gasteiger charge is 2.34. The van der Waals surface area contributed by atoms with Gasteiger partial charge < -0.3 is 10.6 Å². The Bertz CT molecular complexity index is 487. The summed E-state index contributed by atoms with van der Waals surface area (Å²) in [7, 11) is 0. The fourth-order valence-electron chi connectivity index (χ4n) is 2.64. The molecular weight excluding hydrogens is 325 g/mol. The Morgan fingerprint density at radius 2 is 1.50 bits per heavy atom. The van der Waals surface area contributed by atoms with E-state index in [1.54, 1.807) is 0 Å². The van der Waals surface area contributed by atoms with Gasteiger partial charge in [0.05, 0.1) is 12.1 Å². The molecule has 7 heteroatoms. The first-order valence-electron chi connectivity index (χ1n) is 7.09. The van der Waals surface area contributed by atoms with Crippen LogP contribution in [0.15, 0.2) is 30.3 Å². The Hall–Kier alpha value is -1.30. The number of amides is 2. The summed E-state index contributed by atoms with van der Waals surface area (Å²) in [6, 6.07) is 9.73. The molecule has 0 unspecified atom stereocenters. The fourth-order valence-corrected chi connectivity index (χ4v) is 2.79. The molecule has 2 amide bonds. The number of carbonyl (C=O) groups excluding carboxylic acids is 2. The van der Waals surface area contributed by atoms with Gasteiger partial charge in [0.1, 0.15) is 11.8 Å². The maximum Gasteiger partial charge on any atom is 0.235 e. The van der Waals surface area contributed by atoms with Crippen molar-refractivity contribution < 1.29 is 9.59 Å². The standard InChI is InChI=1S/C15H19Cl2N3O2/c16-6-14(21)18-12-9-20(8-11-4-2-1-3-5-11)10-13(12)19-15(22)7-17/h1-5,12-13H,6-10H2,(H,18,21)(H,19,22)/t12-,13-/m1/s1. The predicted octanol–water partition coefficient (Wildman–Crippen LogP) is 0.949. The van der Waals surface area contributed by atoms with E-state index < -0.39 is 0 Å². The second-order valence-corrected chi connectivity index (χ2v) is 5.83. The number of benzene rings is 1. The summed E-state index contributed by atoms with van der Waals surface area (Å²) in [5, 5.41) is 5.71. The van der Waals surface area contributed by atoms with E-state index in [9.17, 15) is 9.59 Å². The number of nitrogens with zero attached hydrogens (tertiary/aromatic N) is 1. The third kappa shape index (κ3) is 4.87. The first-order chi connectivity index (χ1) is 10.6. The van der Waals surface area contributed by atoms with Crippen molar-refractivity contribution in [3.8, 4) is 0 Å². The number of hydrogen-bond acceptors (Lipinski definition) is 3. The van der Waals surface area contributed by atoms with Crippen LogP contribution in [0.1, 0.15) is 5.56 Å². The molecule has 0 aromatic heterocycles. The molecule has 0 saturated carbocycles. The van der Waals surface area contributed by atoms with Gasteiger partial charge in [0.2, 0.25) is 11.8 Å². The van der Waals surface area contributed by atoms with Gasteiger partial charge in [-0.3, -0.25) is 14.5 Å². The molecule has 0 spiro atoms. The van der Waals surface area contributed by atoms with Gasteiger partial charge in [-0.2, -0.15) is 0 Å². The van der Waals surface area contributed by atoms with E-state index in [-0.39, 0.29) is 35.7 Å². The van der Waals surface area contributed by atoms with Crippen molar-refractivity contribution in [3.05, 3.63) is 35.9 Å². The van der Waals surface area contributed by atoms with E-state index in [1.807, 2.05) is 18.2 Å². The maximum absolute atomic E-state index is 11.5. The van der Waals surface area contributed by atoms with Crippen molar-refractivity contribution in [1.29, 1.82) is 0 Å². The Morgan fingerprint density at radius 1 is 1.00 bits per heavy atom. The average molecular weight is 344 g/mol. The Balaban J connectivity index is 1.99. The lowest BCUT2D eigenvalue weighted by atomic mass is 10.1. The quantitative estimate of drug-likeness (QED) is 0.756. The first-order valence-corrected chi connectivity index (χ1v) is 8.16. The number of alkyl halides is 2. The molecule has 1 heterocycles. The number of halogens is 2. The zero-order chi connectivity index (χ0) is 15.9. The summed E-state index contributed by atoms with van der Waals surface area (Å²) in [5.74, 6) is -0.659. The van der Waals surface area contributed by atoms with E-state index in [2.05, 4.69) is 27.7 Å². The van der Waals surface area contributed by atoms with Crippen LogP contribution in [0.5, 0.6) is 0 Å². The van der Waals surface area contributed by atoms with Crippen molar-refractivity contribution >= 4 is 35.0 Å². The van der Waals surface area contributed by atoms with Crippen molar-refractivity contribution in [1.82, 2.24) is 15.5 Å². The number of hydrogen-bond donors (Lipinski definition) is 2. The molecule has 1 aliphatic rings. The molecule has 0 radical (unpaired) electrons. The van der Waals surface area contributed by atoms with Crippen LogP contribution >= 0.6 is 23.2 Å². The second kappa shape index (κ2) is 8.36. The lowest BCUT2D eigenvalue weighted by molar-refractivity contribution is -0.121. The summed E-state index contributed by atoms with van der Waals surface area (Å²) in [6.07, 6.45) is 0. The monoisotopic (exact) mass is 343 g/mol. The first kappa shape index (κ1) is 17.1. The molecule has 1 fully saturated rings. The van der Waals surface area contributed by atoms with E-state index >= 15 is 0 Å². The highest BCUT2D eigenvalue weighted by atomic mass is 35.5. The highest BCUT2D eigenvalue weighted by molar-refractivity contribution is 6.27. The third-order valence-corrected chi connectivity index (χ3v) is 4.07. The second-order valence-electron chi connectivity index (χ2n) is 5.29. The van der Waals surface area contributed by atoms with E-state index in [0.29, 0.717) is 13.1 Å². The van der Waals surface area contributed by atoms with Crippen LogP contribution in [0.25, 0.3) is 0 Å². The van der Waals surface area contributed by atoms with Crippen molar-refractivity contribution in [3.63, 3.8) is 0 Å². The van der Waals surface area contributed by atoms with Crippen molar-refractivity contribution in [2.75, 3.05) is 24.8 Å². The van der Waals surface area contributed by atoms with Gasteiger partial charge in [-0.15, -0.1) is 23.2 Å². The fraction of sp³-hybridized carbons (Fsp3) is 0.467. The van der Waals surface area contributed by atoms with Gasteiger partial charge >= 0.3 is 0 Å². The molecule has 2 N–H and O–H groups in total. The summed E-state index contributed by atoms with van der Waals surface area (Å²) in [5.41, 5.74) is 1.19. The number of nitrogens with one attached hydrogen (secondary N) is 2. The molecule has 5 nitrogen and oxygen atoms in total. The van der Waals surface area contributed by atoms with Crippen LogP contribution in [-0.4, -0.2) is 53.6 Å². The molecule has 2 rings (SSSR count). The summed E-state index contributed by atoms with van der Waals surface area (Å²) < 4.78 is 0. The minimum atomic E-state index is -0.238. The van der Waals surface area contributed by atoms with E-state index in [4.69, 9.17) is 23.2 Å². The molecule has 0 bridgehead atoms. The molecular formula is C15H19Cl2N3O2. The lowest BCUT2D eigenvalue weighted by Crippen LogP contribution is -2.51. The molecule has 1 aromatic rings. The van der Waals surface area contributed by atoms with Gasteiger partial charge in [-0.05, 0) is 5.56 Å². The number of carbonyl (C=O) groups is 2. The maximum atomic E-state index is 11.5. The van der Waals surface area contributed by atoms with Crippen LogP contribution < -0.4 is 10.6 Å². The zero-order valence-electron chi connectivity index (χ0n) is 12.1. The molecule has 2 atom stereocenters. The number of likely N-dealkylation sites (tertiary alicyclic amines) is 1. The molecule has 120 valence electrons. The molecule has 1 aliphatic heterocycles. The third-order valence-electron chi connectivity index (χ3n) is 3.58.